The first-order chi connectivity index (χ1) is 8.29. The van der Waals surface area contributed by atoms with E-state index >= 15 is 0 Å². The lowest BCUT2D eigenvalue weighted by atomic mass is 10.2. The molecule has 84 valence electrons. The molecule has 0 unspecified atom stereocenters. The first kappa shape index (κ1) is 11.1. The fourth-order valence-electron chi connectivity index (χ4n) is 1.32. The van der Waals surface area contributed by atoms with Crippen LogP contribution >= 0.6 is 0 Å². The van der Waals surface area contributed by atoms with Crippen LogP contribution < -0.4 is 4.74 Å². The predicted octanol–water partition coefficient (Wildman–Crippen LogP) is 2.67. The Kier molecular flexibility index (Phi) is 3.31. The number of hydrogen-bond acceptors (Lipinski definition) is 3. The fraction of sp³-hybridized carbons (Fsp3) is 0.0769. The van der Waals surface area contributed by atoms with Gasteiger partial charge in [-0.25, -0.2) is 4.39 Å². The van der Waals surface area contributed by atoms with E-state index in [1.54, 1.807) is 18.3 Å². The van der Waals surface area contributed by atoms with Gasteiger partial charge in [0.15, 0.2) is 11.6 Å². The highest BCUT2D eigenvalue weighted by molar-refractivity contribution is 5.36. The van der Waals surface area contributed by atoms with E-state index in [9.17, 15) is 4.39 Å². The van der Waals surface area contributed by atoms with Crippen LogP contribution in [0.4, 0.5) is 4.39 Å². The van der Waals surface area contributed by atoms with Crippen LogP contribution in [0.2, 0.25) is 0 Å². The number of nitriles is 1. The zero-order valence-electron chi connectivity index (χ0n) is 8.93. The van der Waals surface area contributed by atoms with Crippen molar-refractivity contribution in [2.75, 3.05) is 0 Å². The Hall–Kier alpha value is -2.41. The van der Waals surface area contributed by atoms with Gasteiger partial charge >= 0.3 is 0 Å². The minimum Gasteiger partial charge on any atom is -0.484 e. The summed E-state index contributed by atoms with van der Waals surface area (Å²) in [6, 6.07) is 11.4. The molecule has 1 aromatic heterocycles. The molecule has 0 bridgehead atoms. The highest BCUT2D eigenvalue weighted by Crippen LogP contribution is 2.18. The van der Waals surface area contributed by atoms with Crippen LogP contribution in [0.25, 0.3) is 0 Å². The first-order valence-corrected chi connectivity index (χ1v) is 5.02. The maximum absolute atomic E-state index is 13.4. The molecule has 1 aromatic carbocycles. The molecule has 3 nitrogen and oxygen atoms in total. The smallest absolute Gasteiger partial charge is 0.166 e. The van der Waals surface area contributed by atoms with Crippen molar-refractivity contribution < 1.29 is 9.13 Å². The number of pyridine rings is 1. The van der Waals surface area contributed by atoms with Crippen LogP contribution in [-0.2, 0) is 6.61 Å². The molecular formula is C13H9FN2O. The van der Waals surface area contributed by atoms with Crippen molar-refractivity contribution in [3.8, 4) is 11.8 Å². The number of nitrogens with zero attached hydrogens (tertiary/aromatic N) is 2. The largest absolute Gasteiger partial charge is 0.484 e. The van der Waals surface area contributed by atoms with Crippen molar-refractivity contribution in [3.63, 3.8) is 0 Å². The van der Waals surface area contributed by atoms with Gasteiger partial charge in [0.1, 0.15) is 6.61 Å². The van der Waals surface area contributed by atoms with Crippen molar-refractivity contribution in [2.45, 2.75) is 6.61 Å². The average molecular weight is 228 g/mol. The van der Waals surface area contributed by atoms with E-state index < -0.39 is 5.82 Å². The van der Waals surface area contributed by atoms with Gasteiger partial charge in [0, 0.05) is 6.20 Å². The van der Waals surface area contributed by atoms with Gasteiger partial charge in [-0.3, -0.25) is 4.98 Å². The molecule has 0 spiro atoms. The second-order valence-corrected chi connectivity index (χ2v) is 3.37. The van der Waals surface area contributed by atoms with Gasteiger partial charge in [0.05, 0.1) is 17.3 Å². The van der Waals surface area contributed by atoms with Gasteiger partial charge in [0.25, 0.3) is 0 Å². The van der Waals surface area contributed by atoms with Crippen LogP contribution in [0.5, 0.6) is 5.75 Å². The Morgan fingerprint density at radius 1 is 1.29 bits per heavy atom. The summed E-state index contributed by atoms with van der Waals surface area (Å²) in [5.74, 6) is -0.422. The molecule has 4 heteroatoms. The summed E-state index contributed by atoms with van der Waals surface area (Å²) in [7, 11) is 0. The predicted molar refractivity (Wildman–Crippen MR) is 59.7 cm³/mol. The Bertz CT molecular complexity index is 549. The third kappa shape index (κ3) is 2.79. The van der Waals surface area contributed by atoms with Crippen molar-refractivity contribution in [1.82, 2.24) is 4.98 Å². The van der Waals surface area contributed by atoms with Crippen molar-refractivity contribution >= 4 is 0 Å². The van der Waals surface area contributed by atoms with E-state index in [1.807, 2.05) is 12.1 Å². The third-order valence-corrected chi connectivity index (χ3v) is 2.16. The summed E-state index contributed by atoms with van der Waals surface area (Å²) in [5.41, 5.74) is 0.990. The van der Waals surface area contributed by atoms with E-state index in [0.29, 0.717) is 0 Å². The molecule has 1 heterocycles. The molecule has 2 rings (SSSR count). The lowest BCUT2D eigenvalue weighted by Crippen LogP contribution is -1.99. The van der Waals surface area contributed by atoms with Gasteiger partial charge < -0.3 is 4.74 Å². The van der Waals surface area contributed by atoms with Gasteiger partial charge in [0.2, 0.25) is 0 Å². The molecule has 2 aromatic rings. The first-order valence-electron chi connectivity index (χ1n) is 5.02. The van der Waals surface area contributed by atoms with E-state index in [0.717, 1.165) is 11.8 Å². The van der Waals surface area contributed by atoms with Crippen LogP contribution in [0.15, 0.2) is 42.6 Å². The number of halogens is 1. The molecule has 0 fully saturated rings. The number of benzene rings is 1. The molecule has 0 aliphatic rings. The second-order valence-electron chi connectivity index (χ2n) is 3.37. The van der Waals surface area contributed by atoms with Crippen LogP contribution in [0, 0.1) is 17.1 Å². The monoisotopic (exact) mass is 228 g/mol. The van der Waals surface area contributed by atoms with Gasteiger partial charge in [-0.15, -0.1) is 0 Å². The molecule has 0 atom stereocenters. The average Bonchev–Trinajstić information content (AvgIpc) is 2.38. The summed E-state index contributed by atoms with van der Waals surface area (Å²) < 4.78 is 18.7. The van der Waals surface area contributed by atoms with E-state index in [2.05, 4.69) is 4.98 Å². The minimum atomic E-state index is -0.542. The molecule has 0 N–H and O–H groups in total. The van der Waals surface area contributed by atoms with Crippen LogP contribution in [0.3, 0.4) is 0 Å². The summed E-state index contributed by atoms with van der Waals surface area (Å²) >= 11 is 0. The van der Waals surface area contributed by atoms with E-state index in [4.69, 9.17) is 10.00 Å². The maximum atomic E-state index is 13.4. The van der Waals surface area contributed by atoms with Gasteiger partial charge in [-0.2, -0.15) is 5.26 Å². The van der Waals surface area contributed by atoms with Crippen molar-refractivity contribution in [3.05, 3.63) is 59.7 Å². The number of rotatable bonds is 3. The second kappa shape index (κ2) is 5.08. The lowest BCUT2D eigenvalue weighted by Gasteiger charge is -2.06. The topological polar surface area (TPSA) is 45.9 Å². The zero-order chi connectivity index (χ0) is 12.1. The summed E-state index contributed by atoms with van der Waals surface area (Å²) in [4.78, 5) is 4.06. The third-order valence-electron chi connectivity index (χ3n) is 2.16. The molecule has 0 radical (unpaired) electrons. The maximum Gasteiger partial charge on any atom is 0.166 e. The highest BCUT2D eigenvalue weighted by atomic mass is 19.1. The van der Waals surface area contributed by atoms with Crippen molar-refractivity contribution in [2.24, 2.45) is 0 Å². The Labute approximate surface area is 98.1 Å². The quantitative estimate of drug-likeness (QED) is 0.811. The minimum absolute atomic E-state index is 0.120. The lowest BCUT2D eigenvalue weighted by molar-refractivity contribution is 0.286. The van der Waals surface area contributed by atoms with Crippen LogP contribution in [0.1, 0.15) is 11.3 Å². The molecule has 0 aliphatic carbocycles. The summed E-state index contributed by atoms with van der Waals surface area (Å²) in [5, 5.41) is 8.59. The summed E-state index contributed by atoms with van der Waals surface area (Å²) in [6.45, 7) is 0.198. The Morgan fingerprint density at radius 3 is 2.82 bits per heavy atom. The number of hydrogen-bond donors (Lipinski definition) is 0. The van der Waals surface area contributed by atoms with E-state index in [1.165, 1.54) is 12.1 Å². The normalized spacial score (nSPS) is 9.65. The standard InChI is InChI=1S/C13H9FN2O/c14-12-7-10(8-15)4-5-13(12)17-9-11-3-1-2-6-16-11/h1-7H,9H2. The molecule has 0 saturated heterocycles. The van der Waals surface area contributed by atoms with Crippen molar-refractivity contribution in [1.29, 1.82) is 5.26 Å². The molecule has 0 aliphatic heterocycles. The van der Waals surface area contributed by atoms with E-state index in [-0.39, 0.29) is 17.9 Å². The fourth-order valence-corrected chi connectivity index (χ4v) is 1.32. The summed E-state index contributed by atoms with van der Waals surface area (Å²) in [6.07, 6.45) is 1.65. The number of ether oxygens (including phenoxy) is 1. The zero-order valence-corrected chi connectivity index (χ0v) is 8.93. The van der Waals surface area contributed by atoms with Gasteiger partial charge in [-0.1, -0.05) is 6.07 Å². The van der Waals surface area contributed by atoms with Gasteiger partial charge in [-0.05, 0) is 30.3 Å². The highest BCUT2D eigenvalue weighted by Gasteiger charge is 2.05. The Balaban J connectivity index is 2.08. The molecule has 0 amide bonds. The molecular weight excluding hydrogens is 219 g/mol. The Morgan fingerprint density at radius 2 is 2.18 bits per heavy atom. The molecule has 0 saturated carbocycles. The SMILES string of the molecule is N#Cc1ccc(OCc2ccccn2)c(F)c1. The number of aromatic nitrogens is 1. The molecule has 17 heavy (non-hydrogen) atoms. The van der Waals surface area contributed by atoms with Crippen LogP contribution in [-0.4, -0.2) is 4.98 Å².